The van der Waals surface area contributed by atoms with Crippen LogP contribution in [0.3, 0.4) is 0 Å². The predicted molar refractivity (Wildman–Crippen MR) is 118 cm³/mol. The fourth-order valence-electron chi connectivity index (χ4n) is 8.99. The first-order valence-electron chi connectivity index (χ1n) is 12.4. The molecule has 166 valence electrons. The van der Waals surface area contributed by atoms with E-state index in [-0.39, 0.29) is 11.3 Å². The van der Waals surface area contributed by atoms with Crippen molar-refractivity contribution in [2.75, 3.05) is 0 Å². The van der Waals surface area contributed by atoms with Gasteiger partial charge in [0.2, 0.25) is 0 Å². The summed E-state index contributed by atoms with van der Waals surface area (Å²) in [6, 6.07) is 0. The molecule has 0 aliphatic heterocycles. The van der Waals surface area contributed by atoms with E-state index in [0.717, 1.165) is 42.6 Å². The number of ketones is 1. The van der Waals surface area contributed by atoms with Gasteiger partial charge in [-0.15, -0.1) is 0 Å². The molecule has 1 aromatic heterocycles. The summed E-state index contributed by atoms with van der Waals surface area (Å²) in [6.07, 6.45) is 14.3. The Labute approximate surface area is 181 Å². The molecule has 0 unspecified atom stereocenters. The Hall–Kier alpha value is -1.16. The lowest BCUT2D eigenvalue weighted by Crippen LogP contribution is -2.54. The van der Waals surface area contributed by atoms with E-state index in [1.807, 2.05) is 30.9 Å². The lowest BCUT2D eigenvalue weighted by molar-refractivity contribution is -0.145. The minimum Gasteiger partial charge on any atom is -0.390 e. The lowest BCUT2D eigenvalue weighted by Gasteiger charge is -2.60. The molecular formula is C26H40N2O2. The largest absolute Gasteiger partial charge is 0.390 e. The molecule has 0 aromatic carbocycles. The zero-order valence-corrected chi connectivity index (χ0v) is 19.4. The molecule has 0 spiro atoms. The molecule has 5 rings (SSSR count). The molecule has 0 bridgehead atoms. The van der Waals surface area contributed by atoms with Crippen LogP contribution < -0.4 is 0 Å². The zero-order chi connectivity index (χ0) is 21.3. The molecule has 8 atom stereocenters. The van der Waals surface area contributed by atoms with Crippen molar-refractivity contribution in [2.24, 2.45) is 40.4 Å². The summed E-state index contributed by atoms with van der Waals surface area (Å²) in [5, 5.41) is 15.1. The Balaban J connectivity index is 1.33. The summed E-state index contributed by atoms with van der Waals surface area (Å²) in [7, 11) is 0. The highest BCUT2D eigenvalue weighted by molar-refractivity contribution is 5.82. The van der Waals surface area contributed by atoms with Gasteiger partial charge in [-0.2, -0.15) is 5.10 Å². The molecule has 1 N–H and O–H groups in total. The van der Waals surface area contributed by atoms with Crippen LogP contribution in [0.4, 0.5) is 0 Å². The van der Waals surface area contributed by atoms with Crippen LogP contribution in [-0.2, 0) is 11.3 Å². The van der Waals surface area contributed by atoms with E-state index in [9.17, 15) is 9.90 Å². The highest BCUT2D eigenvalue weighted by Gasteiger charge is 2.60. The smallest absolute Gasteiger partial charge is 0.157 e. The molecule has 0 radical (unpaired) electrons. The fraction of sp³-hybridized carbons (Fsp3) is 0.846. The summed E-state index contributed by atoms with van der Waals surface area (Å²) in [5.41, 5.74) is 1.13. The van der Waals surface area contributed by atoms with Crippen molar-refractivity contribution < 1.29 is 9.90 Å². The van der Waals surface area contributed by atoms with Gasteiger partial charge in [0.05, 0.1) is 18.3 Å². The van der Waals surface area contributed by atoms with Gasteiger partial charge in [-0.25, -0.2) is 0 Å². The van der Waals surface area contributed by atoms with Crippen molar-refractivity contribution in [3.63, 3.8) is 0 Å². The van der Waals surface area contributed by atoms with Gasteiger partial charge in [0, 0.05) is 12.1 Å². The molecular weight excluding hydrogens is 372 g/mol. The minimum absolute atomic E-state index is 0.175. The van der Waals surface area contributed by atoms with Gasteiger partial charge >= 0.3 is 0 Å². The number of hydrogen-bond acceptors (Lipinski definition) is 3. The Kier molecular flexibility index (Phi) is 4.78. The monoisotopic (exact) mass is 412 g/mol. The molecule has 4 nitrogen and oxygen atoms in total. The third-order valence-corrected chi connectivity index (χ3v) is 10.2. The Morgan fingerprint density at radius 2 is 1.80 bits per heavy atom. The van der Waals surface area contributed by atoms with Gasteiger partial charge < -0.3 is 5.11 Å². The van der Waals surface area contributed by atoms with Gasteiger partial charge in [-0.1, -0.05) is 13.8 Å². The number of Topliss-reactive ketones (excluding diaryl/α,β-unsaturated/α-hetero) is 1. The van der Waals surface area contributed by atoms with Crippen LogP contribution in [0.25, 0.3) is 0 Å². The van der Waals surface area contributed by atoms with Crippen molar-refractivity contribution in [3.05, 3.63) is 18.0 Å². The maximum absolute atomic E-state index is 13.3. The SMILES string of the molecule is Cc1cnn(CC(=O)[C@H]2CC[C@H]3[C@@H]4CC[C@]5(C)C[C@](C)(O)CC[C@@H]5[C@H]4CC[C@]23C)c1. The number of fused-ring (bicyclic) bond motifs is 5. The minimum atomic E-state index is -0.475. The maximum atomic E-state index is 13.3. The van der Waals surface area contributed by atoms with Gasteiger partial charge in [-0.05, 0) is 112 Å². The first kappa shape index (κ1) is 20.7. The number of aliphatic hydroxyl groups is 1. The molecule has 4 heteroatoms. The molecule has 0 saturated heterocycles. The summed E-state index contributed by atoms with van der Waals surface area (Å²) < 4.78 is 1.83. The highest BCUT2D eigenvalue weighted by Crippen LogP contribution is 2.67. The van der Waals surface area contributed by atoms with Gasteiger partial charge in [0.1, 0.15) is 0 Å². The Bertz CT molecular complexity index is 829. The molecule has 1 heterocycles. The molecule has 1 aromatic rings. The topological polar surface area (TPSA) is 55.1 Å². The molecule has 4 aliphatic rings. The maximum Gasteiger partial charge on any atom is 0.157 e. The van der Waals surface area contributed by atoms with Crippen molar-refractivity contribution in [3.8, 4) is 0 Å². The van der Waals surface area contributed by atoms with E-state index in [4.69, 9.17) is 0 Å². The van der Waals surface area contributed by atoms with Crippen LogP contribution in [0.1, 0.15) is 84.1 Å². The first-order valence-corrected chi connectivity index (χ1v) is 12.4. The van der Waals surface area contributed by atoms with Crippen molar-refractivity contribution >= 4 is 5.78 Å². The molecule has 0 amide bonds. The van der Waals surface area contributed by atoms with E-state index < -0.39 is 5.60 Å². The Morgan fingerprint density at radius 1 is 1.07 bits per heavy atom. The summed E-state index contributed by atoms with van der Waals surface area (Å²) in [6.45, 7) is 9.42. The standard InChI is InChI=1S/C26H40N2O2/c1-17-13-27-28(14-17)15-23(29)22-6-5-21-19-7-10-24(2)16-25(3,30)11-9-20(24)18(19)8-12-26(21,22)4/h13-14,18-22,30H,5-12,15-16H2,1-4H3/t18-,19+,20+,21-,22+,24+,25+,26-/m0/s1. The van der Waals surface area contributed by atoms with Crippen LogP contribution in [0, 0.1) is 47.3 Å². The van der Waals surface area contributed by atoms with E-state index in [1.165, 1.54) is 38.5 Å². The van der Waals surface area contributed by atoms with E-state index >= 15 is 0 Å². The van der Waals surface area contributed by atoms with Crippen molar-refractivity contribution in [2.45, 2.75) is 97.6 Å². The molecule has 4 fully saturated rings. The van der Waals surface area contributed by atoms with Crippen molar-refractivity contribution in [1.82, 2.24) is 9.78 Å². The van der Waals surface area contributed by atoms with Crippen LogP contribution in [0.5, 0.6) is 0 Å². The number of carbonyl (C=O) groups excluding carboxylic acids is 1. The number of aryl methyl sites for hydroxylation is 1. The summed E-state index contributed by atoms with van der Waals surface area (Å²) >= 11 is 0. The van der Waals surface area contributed by atoms with Crippen LogP contribution >= 0.6 is 0 Å². The fourth-order valence-corrected chi connectivity index (χ4v) is 8.99. The highest BCUT2D eigenvalue weighted by atomic mass is 16.3. The number of nitrogens with zero attached hydrogens (tertiary/aromatic N) is 2. The summed E-state index contributed by atoms with van der Waals surface area (Å²) in [4.78, 5) is 13.3. The van der Waals surface area contributed by atoms with Gasteiger partial charge in [0.25, 0.3) is 0 Å². The van der Waals surface area contributed by atoms with Crippen LogP contribution in [-0.4, -0.2) is 26.3 Å². The average Bonchev–Trinajstić information content (AvgIpc) is 3.22. The van der Waals surface area contributed by atoms with Gasteiger partial charge in [0.15, 0.2) is 5.78 Å². The normalized spacial score (nSPS) is 48.0. The van der Waals surface area contributed by atoms with E-state index in [0.29, 0.717) is 23.7 Å². The number of aromatic nitrogens is 2. The quantitative estimate of drug-likeness (QED) is 0.745. The van der Waals surface area contributed by atoms with E-state index in [1.54, 1.807) is 0 Å². The molecule has 4 aliphatic carbocycles. The average molecular weight is 413 g/mol. The number of hydrogen-bond donors (Lipinski definition) is 1. The zero-order valence-electron chi connectivity index (χ0n) is 19.4. The lowest BCUT2D eigenvalue weighted by atomic mass is 9.45. The first-order chi connectivity index (χ1) is 14.1. The van der Waals surface area contributed by atoms with Crippen molar-refractivity contribution in [1.29, 1.82) is 0 Å². The second kappa shape index (κ2) is 6.92. The predicted octanol–water partition coefficient (Wildman–Crippen LogP) is 5.17. The van der Waals surface area contributed by atoms with Crippen LogP contribution in [0.2, 0.25) is 0 Å². The second-order valence-corrected chi connectivity index (χ2v) is 12.3. The molecule has 30 heavy (non-hydrogen) atoms. The summed E-state index contributed by atoms with van der Waals surface area (Å²) in [5.74, 6) is 3.67. The Morgan fingerprint density at radius 3 is 2.53 bits per heavy atom. The third-order valence-electron chi connectivity index (χ3n) is 10.2. The van der Waals surface area contributed by atoms with E-state index in [2.05, 4.69) is 18.9 Å². The number of carbonyl (C=O) groups is 1. The number of rotatable bonds is 3. The second-order valence-electron chi connectivity index (χ2n) is 12.3. The third kappa shape index (κ3) is 3.20. The molecule has 4 saturated carbocycles. The van der Waals surface area contributed by atoms with Crippen LogP contribution in [0.15, 0.2) is 12.4 Å². The van der Waals surface area contributed by atoms with Gasteiger partial charge in [-0.3, -0.25) is 9.48 Å².